The Morgan fingerprint density at radius 3 is 3.06 bits per heavy atom. The van der Waals surface area contributed by atoms with Crippen molar-refractivity contribution < 1.29 is 14.6 Å². The van der Waals surface area contributed by atoms with E-state index in [1.54, 1.807) is 0 Å². The Bertz CT molecular complexity index is 390. The van der Waals surface area contributed by atoms with Crippen LogP contribution in [-0.4, -0.2) is 43.1 Å². The molecule has 0 amide bonds. The van der Waals surface area contributed by atoms with E-state index < -0.39 is 5.60 Å². The van der Waals surface area contributed by atoms with E-state index >= 15 is 0 Å². The zero-order valence-corrected chi connectivity index (χ0v) is 10.4. The van der Waals surface area contributed by atoms with Crippen LogP contribution in [0.25, 0.3) is 0 Å². The molecule has 0 radical (unpaired) electrons. The second-order valence-electron chi connectivity index (χ2n) is 5.21. The molecule has 1 saturated heterocycles. The average molecular weight is 249 g/mol. The van der Waals surface area contributed by atoms with Gasteiger partial charge in [-0.05, 0) is 11.6 Å². The summed E-state index contributed by atoms with van der Waals surface area (Å²) in [6.07, 6.45) is 1.83. The van der Waals surface area contributed by atoms with Gasteiger partial charge in [0.05, 0.1) is 6.61 Å². The molecule has 2 N–H and O–H groups in total. The molecule has 0 bridgehead atoms. The van der Waals surface area contributed by atoms with Crippen molar-refractivity contribution >= 4 is 0 Å². The Balaban J connectivity index is 1.46. The fraction of sp³-hybridized carbons (Fsp3) is 0.571. The first-order valence-corrected chi connectivity index (χ1v) is 6.51. The van der Waals surface area contributed by atoms with Crippen LogP contribution >= 0.6 is 0 Å². The smallest absolute Gasteiger partial charge is 0.123 e. The maximum Gasteiger partial charge on any atom is 0.123 e. The molecule has 2 atom stereocenters. The van der Waals surface area contributed by atoms with E-state index in [1.807, 2.05) is 18.2 Å². The lowest BCUT2D eigenvalue weighted by Crippen LogP contribution is -2.44. The first-order chi connectivity index (χ1) is 8.75. The van der Waals surface area contributed by atoms with E-state index in [-0.39, 0.29) is 6.10 Å². The first-order valence-electron chi connectivity index (χ1n) is 6.51. The summed E-state index contributed by atoms with van der Waals surface area (Å²) in [5.74, 6) is 0.993. The molecule has 2 unspecified atom stereocenters. The third-order valence-electron chi connectivity index (χ3n) is 3.62. The number of fused-ring (bicyclic) bond motifs is 1. The number of ether oxygens (including phenoxy) is 2. The van der Waals surface area contributed by atoms with Gasteiger partial charge in [-0.25, -0.2) is 0 Å². The molecule has 0 aromatic heterocycles. The van der Waals surface area contributed by atoms with Crippen LogP contribution in [0.3, 0.4) is 0 Å². The quantitative estimate of drug-likeness (QED) is 0.826. The Morgan fingerprint density at radius 2 is 2.28 bits per heavy atom. The number of para-hydroxylation sites is 1. The SMILES string of the molecule is OC1(CNCC2Cc3ccccc3O2)CCOC1. The Hall–Kier alpha value is -1.10. The van der Waals surface area contributed by atoms with Crippen LogP contribution in [-0.2, 0) is 11.2 Å². The van der Waals surface area contributed by atoms with Gasteiger partial charge in [0.1, 0.15) is 17.5 Å². The molecule has 1 aromatic rings. The van der Waals surface area contributed by atoms with Crippen molar-refractivity contribution in [1.29, 1.82) is 0 Å². The van der Waals surface area contributed by atoms with E-state index in [9.17, 15) is 5.11 Å². The van der Waals surface area contributed by atoms with Crippen molar-refractivity contribution in [2.45, 2.75) is 24.5 Å². The van der Waals surface area contributed by atoms with Crippen LogP contribution in [0.1, 0.15) is 12.0 Å². The monoisotopic (exact) mass is 249 g/mol. The molecule has 18 heavy (non-hydrogen) atoms. The van der Waals surface area contributed by atoms with Gasteiger partial charge in [0.2, 0.25) is 0 Å². The highest BCUT2D eigenvalue weighted by molar-refractivity contribution is 5.37. The van der Waals surface area contributed by atoms with Gasteiger partial charge in [-0.3, -0.25) is 0 Å². The van der Waals surface area contributed by atoms with Crippen LogP contribution < -0.4 is 10.1 Å². The summed E-state index contributed by atoms with van der Waals surface area (Å²) in [7, 11) is 0. The Kier molecular flexibility index (Phi) is 3.24. The Labute approximate surface area is 107 Å². The van der Waals surface area contributed by atoms with Crippen molar-refractivity contribution in [3.63, 3.8) is 0 Å². The summed E-state index contributed by atoms with van der Waals surface area (Å²) in [6.45, 7) is 2.43. The second-order valence-corrected chi connectivity index (χ2v) is 5.21. The number of nitrogens with one attached hydrogen (secondary N) is 1. The molecule has 1 aromatic carbocycles. The summed E-state index contributed by atoms with van der Waals surface area (Å²) in [6, 6.07) is 8.14. The lowest BCUT2D eigenvalue weighted by atomic mass is 10.0. The molecule has 1 fully saturated rings. The summed E-state index contributed by atoms with van der Waals surface area (Å²) < 4.78 is 11.0. The van der Waals surface area contributed by atoms with Gasteiger partial charge in [-0.1, -0.05) is 18.2 Å². The summed E-state index contributed by atoms with van der Waals surface area (Å²) in [4.78, 5) is 0. The lowest BCUT2D eigenvalue weighted by molar-refractivity contribution is 0.0255. The number of hydrogen-bond acceptors (Lipinski definition) is 4. The second kappa shape index (κ2) is 4.88. The van der Waals surface area contributed by atoms with Crippen LogP contribution in [0.5, 0.6) is 5.75 Å². The molecule has 4 heteroatoms. The largest absolute Gasteiger partial charge is 0.488 e. The van der Waals surface area contributed by atoms with Crippen molar-refractivity contribution in [2.75, 3.05) is 26.3 Å². The van der Waals surface area contributed by atoms with Crippen molar-refractivity contribution in [1.82, 2.24) is 5.32 Å². The zero-order chi connectivity index (χ0) is 12.4. The highest BCUT2D eigenvalue weighted by Crippen LogP contribution is 2.27. The van der Waals surface area contributed by atoms with Crippen molar-refractivity contribution in [3.05, 3.63) is 29.8 Å². The molecule has 4 nitrogen and oxygen atoms in total. The van der Waals surface area contributed by atoms with Crippen molar-refractivity contribution in [2.24, 2.45) is 0 Å². The van der Waals surface area contributed by atoms with Crippen LogP contribution in [0.15, 0.2) is 24.3 Å². The average Bonchev–Trinajstić information content (AvgIpc) is 2.95. The maximum absolute atomic E-state index is 10.1. The molecular weight excluding hydrogens is 230 g/mol. The third kappa shape index (κ3) is 2.51. The molecule has 98 valence electrons. The lowest BCUT2D eigenvalue weighted by Gasteiger charge is -2.22. The normalized spacial score (nSPS) is 30.2. The van der Waals surface area contributed by atoms with E-state index in [0.29, 0.717) is 26.2 Å². The highest BCUT2D eigenvalue weighted by atomic mass is 16.5. The zero-order valence-electron chi connectivity index (χ0n) is 10.4. The standard InChI is InChI=1S/C14H19NO3/c16-14(5-6-17-10-14)9-15-8-12-7-11-3-1-2-4-13(11)18-12/h1-4,12,15-16H,5-10H2. The highest BCUT2D eigenvalue weighted by Gasteiger charge is 2.32. The van der Waals surface area contributed by atoms with E-state index in [4.69, 9.17) is 9.47 Å². The minimum atomic E-state index is -0.689. The maximum atomic E-state index is 10.1. The van der Waals surface area contributed by atoms with Crippen LogP contribution in [0.4, 0.5) is 0 Å². The molecule has 2 aliphatic heterocycles. The first kappa shape index (κ1) is 12.0. The van der Waals surface area contributed by atoms with Crippen molar-refractivity contribution in [3.8, 4) is 5.75 Å². The molecule has 3 rings (SSSR count). The topological polar surface area (TPSA) is 50.7 Å². The third-order valence-corrected chi connectivity index (χ3v) is 3.62. The van der Waals surface area contributed by atoms with Gasteiger partial charge < -0.3 is 19.9 Å². The fourth-order valence-electron chi connectivity index (χ4n) is 2.57. The molecule has 0 aliphatic carbocycles. The van der Waals surface area contributed by atoms with E-state index in [1.165, 1.54) is 5.56 Å². The number of aliphatic hydroxyl groups is 1. The minimum Gasteiger partial charge on any atom is -0.488 e. The molecule has 2 aliphatic rings. The summed E-state index contributed by atoms with van der Waals surface area (Å²) >= 11 is 0. The Morgan fingerprint density at radius 1 is 1.39 bits per heavy atom. The number of hydrogen-bond donors (Lipinski definition) is 2. The number of rotatable bonds is 4. The predicted octanol–water partition coefficient (Wildman–Crippen LogP) is 0.731. The van der Waals surface area contributed by atoms with Crippen LogP contribution in [0.2, 0.25) is 0 Å². The van der Waals surface area contributed by atoms with Gasteiger partial charge in [-0.15, -0.1) is 0 Å². The number of benzene rings is 1. The van der Waals surface area contributed by atoms with Gasteiger partial charge in [-0.2, -0.15) is 0 Å². The van der Waals surface area contributed by atoms with E-state index in [0.717, 1.165) is 18.7 Å². The van der Waals surface area contributed by atoms with Gasteiger partial charge >= 0.3 is 0 Å². The summed E-state index contributed by atoms with van der Waals surface area (Å²) in [5.41, 5.74) is 0.582. The van der Waals surface area contributed by atoms with Gasteiger partial charge in [0, 0.05) is 32.5 Å². The minimum absolute atomic E-state index is 0.174. The fourth-order valence-corrected chi connectivity index (χ4v) is 2.57. The van der Waals surface area contributed by atoms with Gasteiger partial charge in [0.15, 0.2) is 0 Å². The molecule has 0 spiro atoms. The van der Waals surface area contributed by atoms with Gasteiger partial charge in [0.25, 0.3) is 0 Å². The molecule has 2 heterocycles. The molecule has 0 saturated carbocycles. The van der Waals surface area contributed by atoms with Crippen LogP contribution in [0, 0.1) is 0 Å². The van der Waals surface area contributed by atoms with E-state index in [2.05, 4.69) is 11.4 Å². The molecular formula is C14H19NO3. The summed E-state index contributed by atoms with van der Waals surface area (Å²) in [5, 5.41) is 13.4. The predicted molar refractivity (Wildman–Crippen MR) is 67.8 cm³/mol.